The molecule has 1 aromatic rings. The van der Waals surface area contributed by atoms with E-state index >= 15 is 0 Å². The van der Waals surface area contributed by atoms with Crippen LogP contribution in [-0.4, -0.2) is 43.3 Å². The summed E-state index contributed by atoms with van der Waals surface area (Å²) in [5.41, 5.74) is 1.18. The molecule has 0 aromatic heterocycles. The molecule has 2 N–H and O–H groups in total. The highest BCUT2D eigenvalue weighted by Crippen LogP contribution is 2.40. The van der Waals surface area contributed by atoms with Crippen molar-refractivity contribution in [2.45, 2.75) is 18.9 Å². The van der Waals surface area contributed by atoms with Crippen LogP contribution in [0.2, 0.25) is 0 Å². The fourth-order valence-electron chi connectivity index (χ4n) is 2.97. The number of phenolic OH excluding ortho intramolecular Hbond substituents is 1. The fraction of sp³-hybridized carbons (Fsp3) is 0.471. The summed E-state index contributed by atoms with van der Waals surface area (Å²) in [6.45, 7) is 7.40. The Balaban J connectivity index is 2.45. The molecule has 118 valence electrons. The van der Waals surface area contributed by atoms with Crippen LogP contribution in [0.25, 0.3) is 0 Å². The second-order valence-electron chi connectivity index (χ2n) is 5.36. The normalized spacial score (nSPS) is 16.7. The molecule has 0 amide bonds. The maximum atomic E-state index is 10.6. The molecule has 1 aliphatic heterocycles. The van der Waals surface area contributed by atoms with Crippen molar-refractivity contribution in [3.8, 4) is 17.6 Å². The lowest BCUT2D eigenvalue weighted by Crippen LogP contribution is -2.45. The van der Waals surface area contributed by atoms with E-state index in [4.69, 9.17) is 4.74 Å². The average molecular weight is 301 g/mol. The number of phenols is 1. The lowest BCUT2D eigenvalue weighted by Gasteiger charge is -2.36. The van der Waals surface area contributed by atoms with Crippen LogP contribution in [0, 0.1) is 11.3 Å². The Bertz CT molecular complexity index is 560. The van der Waals surface area contributed by atoms with E-state index in [0.29, 0.717) is 16.9 Å². The number of aromatic hydroxyl groups is 1. The van der Waals surface area contributed by atoms with Gasteiger partial charge in [-0.05, 0) is 25.0 Å². The Hall–Kier alpha value is -2.03. The molecule has 1 aromatic carbocycles. The van der Waals surface area contributed by atoms with E-state index in [0.717, 1.165) is 39.0 Å². The van der Waals surface area contributed by atoms with Gasteiger partial charge in [-0.15, -0.1) is 6.58 Å². The largest absolute Gasteiger partial charge is 0.504 e. The van der Waals surface area contributed by atoms with Gasteiger partial charge in [0.2, 0.25) is 0 Å². The summed E-state index contributed by atoms with van der Waals surface area (Å²) >= 11 is 0. The number of nitriles is 1. The highest BCUT2D eigenvalue weighted by atomic mass is 16.5. The summed E-state index contributed by atoms with van der Waals surface area (Å²) in [5, 5.41) is 23.3. The van der Waals surface area contributed by atoms with E-state index in [2.05, 4.69) is 22.9 Å². The molecular weight excluding hydrogens is 278 g/mol. The number of rotatable bonds is 6. The van der Waals surface area contributed by atoms with E-state index in [1.165, 1.54) is 7.11 Å². The summed E-state index contributed by atoms with van der Waals surface area (Å²) in [6.07, 6.45) is 3.52. The van der Waals surface area contributed by atoms with Gasteiger partial charge in [0, 0.05) is 37.8 Å². The van der Waals surface area contributed by atoms with Gasteiger partial charge in [-0.2, -0.15) is 5.26 Å². The molecule has 5 nitrogen and oxygen atoms in total. The highest BCUT2D eigenvalue weighted by Gasteiger charge is 2.28. The number of hydrogen-bond donors (Lipinski definition) is 2. The van der Waals surface area contributed by atoms with Crippen molar-refractivity contribution >= 4 is 0 Å². The molecule has 0 saturated carbocycles. The van der Waals surface area contributed by atoms with Gasteiger partial charge in [-0.3, -0.25) is 4.90 Å². The zero-order valence-electron chi connectivity index (χ0n) is 13.0. The molecule has 1 fully saturated rings. The molecule has 0 radical (unpaired) electrons. The lowest BCUT2D eigenvalue weighted by molar-refractivity contribution is 0.163. The van der Waals surface area contributed by atoms with Crippen molar-refractivity contribution < 1.29 is 9.84 Å². The second-order valence-corrected chi connectivity index (χ2v) is 5.36. The monoisotopic (exact) mass is 301 g/mol. The van der Waals surface area contributed by atoms with Crippen LogP contribution in [0.3, 0.4) is 0 Å². The van der Waals surface area contributed by atoms with Gasteiger partial charge in [0.1, 0.15) is 0 Å². The number of benzene rings is 1. The third-order valence-corrected chi connectivity index (χ3v) is 4.09. The molecule has 0 bridgehead atoms. The van der Waals surface area contributed by atoms with Crippen LogP contribution in [0.1, 0.15) is 30.0 Å². The van der Waals surface area contributed by atoms with E-state index in [1.54, 1.807) is 12.1 Å². The lowest BCUT2D eigenvalue weighted by atomic mass is 9.93. The fourth-order valence-corrected chi connectivity index (χ4v) is 2.97. The van der Waals surface area contributed by atoms with Gasteiger partial charge < -0.3 is 15.2 Å². The van der Waals surface area contributed by atoms with Gasteiger partial charge in [0.05, 0.1) is 18.7 Å². The predicted octanol–water partition coefficient (Wildman–Crippen LogP) is 2.18. The summed E-state index contributed by atoms with van der Waals surface area (Å²) in [7, 11) is 1.52. The van der Waals surface area contributed by atoms with Gasteiger partial charge in [-0.25, -0.2) is 0 Å². The Morgan fingerprint density at radius 2 is 2.23 bits per heavy atom. The van der Waals surface area contributed by atoms with Crippen molar-refractivity contribution in [2.24, 2.45) is 0 Å². The van der Waals surface area contributed by atoms with Crippen LogP contribution < -0.4 is 10.1 Å². The zero-order chi connectivity index (χ0) is 15.9. The number of piperazine rings is 1. The number of methoxy groups -OCH3 is 1. The average Bonchev–Trinajstić information content (AvgIpc) is 2.57. The Labute approximate surface area is 131 Å². The highest BCUT2D eigenvalue weighted by molar-refractivity contribution is 5.55. The topological polar surface area (TPSA) is 68.5 Å². The first kappa shape index (κ1) is 16.3. The Kier molecular flexibility index (Phi) is 5.82. The smallest absolute Gasteiger partial charge is 0.163 e. The quantitative estimate of drug-likeness (QED) is 0.788. The van der Waals surface area contributed by atoms with Gasteiger partial charge in [0.25, 0.3) is 0 Å². The minimum absolute atomic E-state index is 0.00940. The molecule has 1 saturated heterocycles. The van der Waals surface area contributed by atoms with Crippen LogP contribution in [0.15, 0.2) is 24.8 Å². The SMILES string of the molecule is C=CCC[C@H](c1c(C#N)ccc(OC)c1O)N1CCNCC1. The molecule has 1 heterocycles. The van der Waals surface area contributed by atoms with Crippen LogP contribution in [-0.2, 0) is 0 Å². The predicted molar refractivity (Wildman–Crippen MR) is 86.0 cm³/mol. The third-order valence-electron chi connectivity index (χ3n) is 4.09. The minimum atomic E-state index is -0.00940. The number of nitrogens with zero attached hydrogens (tertiary/aromatic N) is 2. The summed E-state index contributed by atoms with van der Waals surface area (Å²) in [6, 6.07) is 5.55. The molecule has 1 aliphatic rings. The number of ether oxygens (including phenoxy) is 1. The van der Waals surface area contributed by atoms with Crippen LogP contribution in [0.5, 0.6) is 11.5 Å². The van der Waals surface area contributed by atoms with Gasteiger partial charge >= 0.3 is 0 Å². The molecular formula is C17H23N3O2. The molecule has 0 unspecified atom stereocenters. The first-order valence-corrected chi connectivity index (χ1v) is 7.58. The van der Waals surface area contributed by atoms with Gasteiger partial charge in [0.15, 0.2) is 11.5 Å². The summed E-state index contributed by atoms with van der Waals surface area (Å²) in [5.74, 6) is 0.488. The Morgan fingerprint density at radius 1 is 1.50 bits per heavy atom. The number of hydrogen-bond acceptors (Lipinski definition) is 5. The van der Waals surface area contributed by atoms with E-state index in [1.807, 2.05) is 6.08 Å². The molecule has 1 atom stereocenters. The maximum absolute atomic E-state index is 10.6. The van der Waals surface area contributed by atoms with E-state index in [9.17, 15) is 10.4 Å². The molecule has 0 aliphatic carbocycles. The number of nitrogens with one attached hydrogen (secondary N) is 1. The van der Waals surface area contributed by atoms with E-state index < -0.39 is 0 Å². The second kappa shape index (κ2) is 7.83. The number of allylic oxidation sites excluding steroid dienone is 1. The third kappa shape index (κ3) is 3.41. The van der Waals surface area contributed by atoms with Crippen molar-refractivity contribution in [3.05, 3.63) is 35.9 Å². The van der Waals surface area contributed by atoms with Crippen molar-refractivity contribution in [3.63, 3.8) is 0 Å². The summed E-state index contributed by atoms with van der Waals surface area (Å²) < 4.78 is 5.22. The molecule has 2 rings (SSSR count). The zero-order valence-corrected chi connectivity index (χ0v) is 13.0. The summed E-state index contributed by atoms with van der Waals surface area (Å²) in [4.78, 5) is 2.31. The van der Waals surface area contributed by atoms with Crippen molar-refractivity contribution in [1.29, 1.82) is 5.26 Å². The Morgan fingerprint density at radius 3 is 2.82 bits per heavy atom. The van der Waals surface area contributed by atoms with Crippen LogP contribution in [0.4, 0.5) is 0 Å². The first-order chi connectivity index (χ1) is 10.7. The maximum Gasteiger partial charge on any atom is 0.163 e. The van der Waals surface area contributed by atoms with Crippen molar-refractivity contribution in [2.75, 3.05) is 33.3 Å². The van der Waals surface area contributed by atoms with Crippen LogP contribution >= 0.6 is 0 Å². The molecule has 5 heteroatoms. The standard InChI is InChI=1S/C17H23N3O2/c1-3-4-5-14(20-10-8-19-9-11-20)16-13(12-18)6-7-15(22-2)17(16)21/h3,6-7,14,19,21H,1,4-5,8-11H2,2H3/t14-/m1/s1. The van der Waals surface area contributed by atoms with Crippen molar-refractivity contribution in [1.82, 2.24) is 10.2 Å². The molecule has 0 spiro atoms. The minimum Gasteiger partial charge on any atom is -0.504 e. The van der Waals surface area contributed by atoms with Gasteiger partial charge in [-0.1, -0.05) is 6.08 Å². The molecule has 22 heavy (non-hydrogen) atoms. The first-order valence-electron chi connectivity index (χ1n) is 7.58. The van der Waals surface area contributed by atoms with E-state index in [-0.39, 0.29) is 11.8 Å².